The van der Waals surface area contributed by atoms with Gasteiger partial charge in [0.05, 0.1) is 17.9 Å². The molecule has 0 fully saturated rings. The normalized spacial score (nSPS) is 13.5. The number of rotatable bonds is 33. The number of amides is 1. The van der Waals surface area contributed by atoms with Crippen LogP contribution in [-0.4, -0.2) is 41.9 Å². The highest BCUT2D eigenvalue weighted by atomic mass is 32.2. The molecule has 0 saturated heterocycles. The average Bonchev–Trinajstić information content (AvgIpc) is 2.96. The summed E-state index contributed by atoms with van der Waals surface area (Å²) in [6.45, 7) is 4.39. The third kappa shape index (κ3) is 32.3. The summed E-state index contributed by atoms with van der Waals surface area (Å²) in [6, 6.07) is -1.05. The first kappa shape index (κ1) is 42.1. The molecule has 0 aliphatic rings. The van der Waals surface area contributed by atoms with Crippen LogP contribution in [0.3, 0.4) is 0 Å². The Labute approximate surface area is 267 Å². The molecular weight excluding hydrogens is 558 g/mol. The highest BCUT2D eigenvalue weighted by Gasteiger charge is 2.24. The number of carbonyl (C=O) groups is 1. The molecule has 2 atom stereocenters. The quantitative estimate of drug-likeness (QED) is 0.0381. The molecule has 1 amide bonds. The lowest BCUT2D eigenvalue weighted by Crippen LogP contribution is -2.46. The molecule has 0 radical (unpaired) electrons. The molecule has 0 aromatic rings. The van der Waals surface area contributed by atoms with Crippen molar-refractivity contribution in [3.63, 3.8) is 0 Å². The topological polar surface area (TPSA) is 104 Å². The Morgan fingerprint density at radius 2 is 0.953 bits per heavy atom. The third-order valence-electron chi connectivity index (χ3n) is 8.46. The fourth-order valence-electron chi connectivity index (χ4n) is 5.68. The van der Waals surface area contributed by atoms with E-state index >= 15 is 0 Å². The van der Waals surface area contributed by atoms with Gasteiger partial charge in [0.25, 0.3) is 10.1 Å². The van der Waals surface area contributed by atoms with Gasteiger partial charge < -0.3 is 10.4 Å². The van der Waals surface area contributed by atoms with Gasteiger partial charge in [-0.25, -0.2) is 0 Å². The van der Waals surface area contributed by atoms with Crippen LogP contribution in [0, 0.1) is 0 Å². The van der Waals surface area contributed by atoms with E-state index in [1.807, 2.05) is 6.08 Å². The van der Waals surface area contributed by atoms with Crippen LogP contribution in [0.5, 0.6) is 0 Å². The number of aliphatic hydroxyl groups is 1. The molecule has 6 nitrogen and oxygen atoms in total. The zero-order chi connectivity index (χ0) is 31.9. The van der Waals surface area contributed by atoms with Crippen LogP contribution in [0.25, 0.3) is 0 Å². The summed E-state index contributed by atoms with van der Waals surface area (Å²) < 4.78 is 32.0. The Balaban J connectivity index is 3.64. The van der Waals surface area contributed by atoms with Crippen molar-refractivity contribution in [1.82, 2.24) is 5.32 Å². The second-order valence-electron chi connectivity index (χ2n) is 12.9. The summed E-state index contributed by atoms with van der Waals surface area (Å²) in [7, 11) is -4.32. The number of hydrogen-bond acceptors (Lipinski definition) is 4. The molecule has 0 aliphatic heterocycles. The summed E-state index contributed by atoms with van der Waals surface area (Å²) in [5.41, 5.74) is 0. The Hall–Kier alpha value is -0.920. The SMILES string of the molecule is CCCCC/C=C/C(O)C(CS(=O)(=O)O)NC(=O)CCCCCCCCCCCCCCCCCCCCCCCCC. The van der Waals surface area contributed by atoms with E-state index in [0.29, 0.717) is 6.42 Å². The van der Waals surface area contributed by atoms with Crippen molar-refractivity contribution < 1.29 is 22.9 Å². The van der Waals surface area contributed by atoms with Gasteiger partial charge in [0, 0.05) is 6.42 Å². The number of hydrogen-bond donors (Lipinski definition) is 3. The smallest absolute Gasteiger partial charge is 0.267 e. The molecule has 0 aromatic carbocycles. The first-order chi connectivity index (χ1) is 20.8. The zero-order valence-electron chi connectivity index (χ0n) is 28.3. The summed E-state index contributed by atoms with van der Waals surface area (Å²) in [4.78, 5) is 12.4. The molecule has 0 saturated carbocycles. The van der Waals surface area contributed by atoms with Crippen LogP contribution in [0.2, 0.25) is 0 Å². The minimum Gasteiger partial charge on any atom is -0.387 e. The van der Waals surface area contributed by atoms with E-state index in [1.54, 1.807) is 0 Å². The van der Waals surface area contributed by atoms with Gasteiger partial charge in [-0.3, -0.25) is 9.35 Å². The zero-order valence-corrected chi connectivity index (χ0v) is 29.2. The lowest BCUT2D eigenvalue weighted by Gasteiger charge is -2.21. The monoisotopic (exact) mass is 630 g/mol. The van der Waals surface area contributed by atoms with E-state index in [4.69, 9.17) is 0 Å². The Morgan fingerprint density at radius 3 is 1.33 bits per heavy atom. The van der Waals surface area contributed by atoms with Crippen molar-refractivity contribution >= 4 is 16.0 Å². The van der Waals surface area contributed by atoms with Gasteiger partial charge in [0.1, 0.15) is 0 Å². The number of nitrogens with one attached hydrogen (secondary N) is 1. The van der Waals surface area contributed by atoms with E-state index in [2.05, 4.69) is 19.2 Å². The van der Waals surface area contributed by atoms with E-state index in [-0.39, 0.29) is 5.91 Å². The molecule has 0 aliphatic carbocycles. The molecule has 256 valence electrons. The van der Waals surface area contributed by atoms with Gasteiger partial charge in [-0.2, -0.15) is 8.42 Å². The second kappa shape index (κ2) is 31.1. The largest absolute Gasteiger partial charge is 0.387 e. The molecule has 0 bridgehead atoms. The molecule has 7 heteroatoms. The van der Waals surface area contributed by atoms with Crippen LogP contribution < -0.4 is 5.32 Å². The Bertz CT molecular complexity index is 740. The minimum absolute atomic E-state index is 0.282. The van der Waals surface area contributed by atoms with Crippen molar-refractivity contribution in [2.75, 3.05) is 5.75 Å². The Morgan fingerprint density at radius 1 is 0.605 bits per heavy atom. The summed E-state index contributed by atoms with van der Waals surface area (Å²) in [5, 5.41) is 13.0. The van der Waals surface area contributed by atoms with Gasteiger partial charge >= 0.3 is 0 Å². The fraction of sp³-hybridized carbons (Fsp3) is 0.917. The lowest BCUT2D eigenvalue weighted by molar-refractivity contribution is -0.122. The highest BCUT2D eigenvalue weighted by molar-refractivity contribution is 7.85. The van der Waals surface area contributed by atoms with Crippen molar-refractivity contribution in [1.29, 1.82) is 0 Å². The van der Waals surface area contributed by atoms with E-state index in [0.717, 1.165) is 44.9 Å². The predicted molar refractivity (Wildman–Crippen MR) is 184 cm³/mol. The van der Waals surface area contributed by atoms with Crippen LogP contribution in [0.15, 0.2) is 12.2 Å². The van der Waals surface area contributed by atoms with Crippen LogP contribution in [0.4, 0.5) is 0 Å². The van der Waals surface area contributed by atoms with Crippen LogP contribution in [-0.2, 0) is 14.9 Å². The van der Waals surface area contributed by atoms with Crippen molar-refractivity contribution in [3.05, 3.63) is 12.2 Å². The van der Waals surface area contributed by atoms with Gasteiger partial charge in [-0.05, 0) is 19.3 Å². The molecule has 43 heavy (non-hydrogen) atoms. The maximum Gasteiger partial charge on any atom is 0.267 e. The van der Waals surface area contributed by atoms with Gasteiger partial charge in [0.2, 0.25) is 5.91 Å². The first-order valence-electron chi connectivity index (χ1n) is 18.4. The molecule has 0 aromatic heterocycles. The molecule has 2 unspecified atom stereocenters. The average molecular weight is 630 g/mol. The fourth-order valence-corrected chi connectivity index (χ4v) is 6.42. The number of aliphatic hydroxyl groups excluding tert-OH is 1. The van der Waals surface area contributed by atoms with Crippen LogP contribution >= 0.6 is 0 Å². The minimum atomic E-state index is -4.32. The van der Waals surface area contributed by atoms with Gasteiger partial charge in [0.15, 0.2) is 0 Å². The standard InChI is InChI=1S/C36H71NO5S/c1-3-5-7-9-10-11-12-13-14-15-16-17-18-19-20-21-22-23-24-25-26-28-30-32-36(39)37-34(33-43(40,41)42)35(38)31-29-27-8-6-4-2/h29,31,34-35,38H,3-28,30,32-33H2,1-2H3,(H,37,39)(H,40,41,42)/b31-29+. The van der Waals surface area contributed by atoms with E-state index < -0.39 is 28.0 Å². The summed E-state index contributed by atoms with van der Waals surface area (Å²) in [5.74, 6) is -0.978. The summed E-state index contributed by atoms with van der Waals surface area (Å²) in [6.07, 6.45) is 36.9. The molecule has 0 rings (SSSR count). The second-order valence-corrected chi connectivity index (χ2v) is 14.4. The number of unbranched alkanes of at least 4 members (excludes halogenated alkanes) is 25. The Kier molecular flexibility index (Phi) is 30.4. The number of allylic oxidation sites excluding steroid dienone is 1. The van der Waals surface area contributed by atoms with Crippen molar-refractivity contribution in [3.8, 4) is 0 Å². The predicted octanol–water partition coefficient (Wildman–Crippen LogP) is 10.2. The first-order valence-corrected chi connectivity index (χ1v) is 20.0. The number of carbonyl (C=O) groups excluding carboxylic acids is 1. The van der Waals surface area contributed by atoms with Crippen molar-refractivity contribution in [2.24, 2.45) is 0 Å². The van der Waals surface area contributed by atoms with Crippen molar-refractivity contribution in [2.45, 2.75) is 206 Å². The molecular formula is C36H71NO5S. The van der Waals surface area contributed by atoms with Gasteiger partial charge in [-0.1, -0.05) is 180 Å². The highest BCUT2D eigenvalue weighted by Crippen LogP contribution is 2.16. The maximum atomic E-state index is 12.4. The van der Waals surface area contributed by atoms with Gasteiger partial charge in [-0.15, -0.1) is 0 Å². The molecule has 3 N–H and O–H groups in total. The summed E-state index contributed by atoms with van der Waals surface area (Å²) >= 11 is 0. The van der Waals surface area contributed by atoms with Crippen LogP contribution in [0.1, 0.15) is 194 Å². The van der Waals surface area contributed by atoms with E-state index in [9.17, 15) is 22.9 Å². The maximum absolute atomic E-state index is 12.4. The third-order valence-corrected chi connectivity index (χ3v) is 9.24. The molecule has 0 spiro atoms. The van der Waals surface area contributed by atoms with E-state index in [1.165, 1.54) is 134 Å². The molecule has 0 heterocycles. The lowest BCUT2D eigenvalue weighted by atomic mass is 10.0.